The number of rotatable bonds is 6. The molecule has 0 bridgehead atoms. The fourth-order valence-corrected chi connectivity index (χ4v) is 2.33. The Morgan fingerprint density at radius 3 is 2.80 bits per heavy atom. The van der Waals surface area contributed by atoms with E-state index in [1.165, 1.54) is 36.9 Å². The molecule has 0 aliphatic rings. The number of amides is 1. The number of hydroxylamine groups is 1. The lowest BCUT2D eigenvalue weighted by atomic mass is 10.1. The summed E-state index contributed by atoms with van der Waals surface area (Å²) in [5, 5.41) is 11.7. The van der Waals surface area contributed by atoms with E-state index in [1.54, 1.807) is 0 Å². The van der Waals surface area contributed by atoms with Crippen molar-refractivity contribution >= 4 is 28.9 Å². The fourth-order valence-electron chi connectivity index (χ4n) is 2.17. The van der Waals surface area contributed by atoms with Crippen LogP contribution in [-0.4, -0.2) is 28.8 Å². The van der Waals surface area contributed by atoms with Gasteiger partial charge in [0.15, 0.2) is 0 Å². The minimum absolute atomic E-state index is 0.0612. The molecule has 0 aliphatic carbocycles. The molecule has 0 spiro atoms. The third-order valence-corrected chi connectivity index (χ3v) is 3.64. The molecule has 1 heterocycles. The average molecular weight is 370 g/mol. The standard InChI is InChI=1S/C16H17ClFN3O4/c1-9-14(19-13-4-3-10(17)7-12(13)18)11(8-21(2)16(9)24)15(23)20-25-6-5-22/h3-4,7-8,19,22H,5-6H2,1-2H3,(H,20,23). The van der Waals surface area contributed by atoms with Crippen molar-refractivity contribution in [1.29, 1.82) is 0 Å². The monoisotopic (exact) mass is 369 g/mol. The highest BCUT2D eigenvalue weighted by molar-refractivity contribution is 6.30. The third-order valence-electron chi connectivity index (χ3n) is 3.40. The molecular weight excluding hydrogens is 353 g/mol. The highest BCUT2D eigenvalue weighted by Crippen LogP contribution is 2.26. The largest absolute Gasteiger partial charge is 0.394 e. The molecule has 3 N–H and O–H groups in total. The minimum atomic E-state index is -0.649. The summed E-state index contributed by atoms with van der Waals surface area (Å²) in [6.45, 7) is 1.16. The second-order valence-corrected chi connectivity index (χ2v) is 5.65. The topological polar surface area (TPSA) is 92.6 Å². The van der Waals surface area contributed by atoms with E-state index in [4.69, 9.17) is 21.5 Å². The van der Waals surface area contributed by atoms with E-state index in [0.717, 1.165) is 6.07 Å². The molecule has 0 fully saturated rings. The van der Waals surface area contributed by atoms with Gasteiger partial charge < -0.3 is 15.0 Å². The number of aromatic nitrogens is 1. The number of hydrogen-bond acceptors (Lipinski definition) is 5. The van der Waals surface area contributed by atoms with E-state index in [1.807, 2.05) is 0 Å². The summed E-state index contributed by atoms with van der Waals surface area (Å²) in [6.07, 6.45) is 1.31. The Hall–Kier alpha value is -2.42. The number of hydrogen-bond donors (Lipinski definition) is 3. The molecule has 0 saturated heterocycles. The van der Waals surface area contributed by atoms with Crippen molar-refractivity contribution in [2.24, 2.45) is 7.05 Å². The van der Waals surface area contributed by atoms with Gasteiger partial charge in [0.25, 0.3) is 11.5 Å². The first kappa shape index (κ1) is 18.9. The van der Waals surface area contributed by atoms with Crippen LogP contribution in [-0.2, 0) is 11.9 Å². The molecule has 0 saturated carbocycles. The van der Waals surface area contributed by atoms with Gasteiger partial charge in [-0.15, -0.1) is 0 Å². The molecule has 7 nitrogen and oxygen atoms in total. The van der Waals surface area contributed by atoms with Gasteiger partial charge in [-0.3, -0.25) is 14.4 Å². The Morgan fingerprint density at radius 1 is 1.44 bits per heavy atom. The quantitative estimate of drug-likeness (QED) is 0.534. The molecule has 2 rings (SSSR count). The van der Waals surface area contributed by atoms with Crippen molar-refractivity contribution in [3.05, 3.63) is 56.7 Å². The molecule has 0 radical (unpaired) electrons. The summed E-state index contributed by atoms with van der Waals surface area (Å²) in [7, 11) is 1.49. The lowest BCUT2D eigenvalue weighted by Crippen LogP contribution is -2.29. The zero-order valence-electron chi connectivity index (χ0n) is 13.6. The molecule has 9 heteroatoms. The predicted molar refractivity (Wildman–Crippen MR) is 91.6 cm³/mol. The predicted octanol–water partition coefficient (Wildman–Crippen LogP) is 1.88. The van der Waals surface area contributed by atoms with Crippen LogP contribution in [0.4, 0.5) is 15.8 Å². The maximum absolute atomic E-state index is 14.0. The molecule has 2 aromatic rings. The van der Waals surface area contributed by atoms with Crippen LogP contribution in [0.5, 0.6) is 0 Å². The van der Waals surface area contributed by atoms with Gasteiger partial charge in [-0.25, -0.2) is 9.87 Å². The second-order valence-electron chi connectivity index (χ2n) is 5.21. The van der Waals surface area contributed by atoms with E-state index in [9.17, 15) is 14.0 Å². The van der Waals surface area contributed by atoms with Crippen LogP contribution in [0.2, 0.25) is 5.02 Å². The number of nitrogens with one attached hydrogen (secondary N) is 2. The molecule has 134 valence electrons. The summed E-state index contributed by atoms with van der Waals surface area (Å²) in [4.78, 5) is 29.3. The van der Waals surface area contributed by atoms with Crippen LogP contribution in [0, 0.1) is 12.7 Å². The molecule has 0 unspecified atom stereocenters. The Kier molecular flexibility index (Phi) is 6.13. The zero-order chi connectivity index (χ0) is 18.6. The van der Waals surface area contributed by atoms with Crippen molar-refractivity contribution in [2.45, 2.75) is 6.92 Å². The lowest BCUT2D eigenvalue weighted by Gasteiger charge is -2.16. The van der Waals surface area contributed by atoms with E-state index < -0.39 is 11.7 Å². The second kappa shape index (κ2) is 8.11. The van der Waals surface area contributed by atoms with Crippen molar-refractivity contribution in [3.8, 4) is 0 Å². The van der Waals surface area contributed by atoms with E-state index in [-0.39, 0.29) is 46.3 Å². The molecule has 25 heavy (non-hydrogen) atoms. The van der Waals surface area contributed by atoms with Crippen LogP contribution < -0.4 is 16.4 Å². The van der Waals surface area contributed by atoms with Crippen molar-refractivity contribution in [2.75, 3.05) is 18.5 Å². The van der Waals surface area contributed by atoms with Gasteiger partial charge in [-0.1, -0.05) is 11.6 Å². The van der Waals surface area contributed by atoms with Crippen molar-refractivity contribution in [1.82, 2.24) is 10.0 Å². The van der Waals surface area contributed by atoms with Crippen molar-refractivity contribution < 1.29 is 19.1 Å². The first-order valence-corrected chi connectivity index (χ1v) is 7.68. The number of nitrogens with zero attached hydrogens (tertiary/aromatic N) is 1. The van der Waals surface area contributed by atoms with Gasteiger partial charge >= 0.3 is 0 Å². The van der Waals surface area contributed by atoms with Gasteiger partial charge in [0.1, 0.15) is 5.82 Å². The lowest BCUT2D eigenvalue weighted by molar-refractivity contribution is 0.0168. The number of pyridine rings is 1. The average Bonchev–Trinajstić information content (AvgIpc) is 2.57. The number of anilines is 2. The normalized spacial score (nSPS) is 10.6. The Bertz CT molecular complexity index is 854. The van der Waals surface area contributed by atoms with Crippen LogP contribution in [0.25, 0.3) is 0 Å². The Balaban J connectivity index is 2.45. The van der Waals surface area contributed by atoms with Crippen LogP contribution >= 0.6 is 11.6 Å². The molecule has 1 amide bonds. The van der Waals surface area contributed by atoms with Gasteiger partial charge in [-0.05, 0) is 25.1 Å². The van der Waals surface area contributed by atoms with Gasteiger partial charge in [0.2, 0.25) is 0 Å². The molecular formula is C16H17ClFN3O4. The molecule has 0 aliphatic heterocycles. The molecule has 0 atom stereocenters. The Morgan fingerprint density at radius 2 is 2.16 bits per heavy atom. The highest BCUT2D eigenvalue weighted by Gasteiger charge is 2.19. The number of carbonyl (C=O) groups excluding carboxylic acids is 1. The highest BCUT2D eigenvalue weighted by atomic mass is 35.5. The number of benzene rings is 1. The van der Waals surface area contributed by atoms with Gasteiger partial charge in [0.05, 0.1) is 30.2 Å². The maximum Gasteiger partial charge on any atom is 0.278 e. The fraction of sp³-hybridized carbons (Fsp3) is 0.250. The van der Waals surface area contributed by atoms with Gasteiger partial charge in [0, 0.05) is 23.8 Å². The third kappa shape index (κ3) is 4.36. The van der Waals surface area contributed by atoms with Crippen LogP contribution in [0.3, 0.4) is 0 Å². The summed E-state index contributed by atoms with van der Waals surface area (Å²) < 4.78 is 15.3. The SMILES string of the molecule is Cc1c(Nc2ccc(Cl)cc2F)c(C(=O)NOCCO)cn(C)c1=O. The van der Waals surface area contributed by atoms with Gasteiger partial charge in [-0.2, -0.15) is 0 Å². The maximum atomic E-state index is 14.0. The number of aliphatic hydroxyl groups is 1. The van der Waals surface area contributed by atoms with Crippen LogP contribution in [0.15, 0.2) is 29.2 Å². The number of carbonyl (C=O) groups is 1. The van der Waals surface area contributed by atoms with E-state index in [0.29, 0.717) is 0 Å². The summed E-state index contributed by atoms with van der Waals surface area (Å²) >= 11 is 5.73. The number of aryl methyl sites for hydroxylation is 1. The van der Waals surface area contributed by atoms with E-state index in [2.05, 4.69) is 10.8 Å². The van der Waals surface area contributed by atoms with Crippen molar-refractivity contribution in [3.63, 3.8) is 0 Å². The molecule has 1 aromatic carbocycles. The smallest absolute Gasteiger partial charge is 0.278 e. The molecule has 1 aromatic heterocycles. The number of aliphatic hydroxyl groups excluding tert-OH is 1. The number of halogens is 2. The summed E-state index contributed by atoms with van der Waals surface area (Å²) in [5.74, 6) is -1.28. The Labute approximate surface area is 147 Å². The summed E-state index contributed by atoms with van der Waals surface area (Å²) in [6, 6.07) is 4.00. The zero-order valence-corrected chi connectivity index (χ0v) is 14.4. The first-order valence-electron chi connectivity index (χ1n) is 7.30. The minimum Gasteiger partial charge on any atom is -0.394 e. The van der Waals surface area contributed by atoms with E-state index >= 15 is 0 Å². The summed E-state index contributed by atoms with van der Waals surface area (Å²) in [5.41, 5.74) is 2.32. The van der Waals surface area contributed by atoms with Crippen LogP contribution in [0.1, 0.15) is 15.9 Å². The first-order chi connectivity index (χ1) is 11.8.